The molecule has 0 saturated carbocycles. The molecule has 0 aliphatic carbocycles. The molecule has 80 valence electrons. The zero-order chi connectivity index (χ0) is 11.1. The minimum absolute atomic E-state index is 0.0295. The number of hydrogen-bond acceptors (Lipinski definition) is 5. The molecule has 0 aliphatic rings. The number of nitrogens with zero attached hydrogens (tertiary/aromatic N) is 2. The smallest absolute Gasteiger partial charge is 0.369 e. The van der Waals surface area contributed by atoms with Crippen molar-refractivity contribution < 1.29 is 12.6 Å². The number of H-pyrrole nitrogens is 1. The van der Waals surface area contributed by atoms with E-state index in [1.165, 1.54) is 12.5 Å². The highest BCUT2D eigenvalue weighted by molar-refractivity contribution is 7.84. The number of halogens is 1. The predicted molar refractivity (Wildman–Crippen MR) is 52.6 cm³/mol. The van der Waals surface area contributed by atoms with Crippen LogP contribution in [0.2, 0.25) is 5.15 Å². The lowest BCUT2D eigenvalue weighted by Crippen LogP contribution is -2.18. The Labute approximate surface area is 89.5 Å². The Kier molecular flexibility index (Phi) is 2.25. The molecule has 0 saturated heterocycles. The lowest BCUT2D eigenvalue weighted by molar-refractivity contribution is 0.490. The quantitative estimate of drug-likeness (QED) is 0.737. The molecule has 0 aliphatic heterocycles. The highest BCUT2D eigenvalue weighted by atomic mass is 35.5. The zero-order valence-electron chi connectivity index (χ0n) is 7.14. The van der Waals surface area contributed by atoms with Crippen molar-refractivity contribution in [2.75, 3.05) is 0 Å². The third-order valence-electron chi connectivity index (χ3n) is 1.59. The van der Waals surface area contributed by atoms with Gasteiger partial charge in [0.25, 0.3) is 0 Å². The molecule has 2 heterocycles. The van der Waals surface area contributed by atoms with Gasteiger partial charge in [0.05, 0.1) is 0 Å². The molecule has 0 unspecified atom stereocenters. The summed E-state index contributed by atoms with van der Waals surface area (Å²) in [5.41, 5.74) is 0.369. The number of rotatable bonds is 2. The zero-order valence-corrected chi connectivity index (χ0v) is 8.71. The summed E-state index contributed by atoms with van der Waals surface area (Å²) in [6.45, 7) is 0. The molecule has 0 radical (unpaired) electrons. The number of nitrogens with two attached hydrogens (primary N) is 1. The number of nitrogens with one attached hydrogen (secondary N) is 1. The summed E-state index contributed by atoms with van der Waals surface area (Å²) < 4.78 is 25.9. The minimum atomic E-state index is -4.09. The second kappa shape index (κ2) is 3.33. The van der Waals surface area contributed by atoms with Crippen molar-refractivity contribution in [2.45, 2.75) is 0 Å². The van der Waals surface area contributed by atoms with Crippen LogP contribution in [0.4, 0.5) is 0 Å². The average molecular weight is 249 g/mol. The topological polar surface area (TPSA) is 111 Å². The summed E-state index contributed by atoms with van der Waals surface area (Å²) in [7, 11) is -4.09. The van der Waals surface area contributed by atoms with E-state index in [4.69, 9.17) is 16.7 Å². The van der Waals surface area contributed by atoms with Crippen molar-refractivity contribution >= 4 is 32.9 Å². The standard InChI is InChI=1S/C6H5ClN4O3S/c7-5-4-3(14-15(8,12)13)1-9-6(4)11-2-10-5/h1-2H,(H2,8,12,13)(H,9,10,11). The number of aromatic nitrogens is 3. The van der Waals surface area contributed by atoms with Crippen LogP contribution in [0.15, 0.2) is 12.5 Å². The van der Waals surface area contributed by atoms with Crippen molar-refractivity contribution in [1.82, 2.24) is 15.0 Å². The highest BCUT2D eigenvalue weighted by Crippen LogP contribution is 2.29. The minimum Gasteiger partial charge on any atom is -0.369 e. The summed E-state index contributed by atoms with van der Waals surface area (Å²) in [6, 6.07) is 0. The second-order valence-electron chi connectivity index (χ2n) is 2.62. The number of hydrogen-bond donors (Lipinski definition) is 2. The molecule has 0 fully saturated rings. The van der Waals surface area contributed by atoms with E-state index in [2.05, 4.69) is 19.1 Å². The normalized spacial score (nSPS) is 11.9. The van der Waals surface area contributed by atoms with Crippen LogP contribution in [0.1, 0.15) is 0 Å². The summed E-state index contributed by atoms with van der Waals surface area (Å²) in [4.78, 5) is 10.2. The molecule has 2 rings (SSSR count). The van der Waals surface area contributed by atoms with Crippen LogP contribution in [0.5, 0.6) is 5.75 Å². The van der Waals surface area contributed by atoms with Crippen LogP contribution < -0.4 is 9.32 Å². The molecule has 0 spiro atoms. The van der Waals surface area contributed by atoms with Crippen molar-refractivity contribution in [3.05, 3.63) is 17.7 Å². The van der Waals surface area contributed by atoms with Crippen LogP contribution in [0, 0.1) is 0 Å². The Morgan fingerprint density at radius 1 is 1.47 bits per heavy atom. The first-order valence-electron chi connectivity index (χ1n) is 3.67. The molecule has 0 atom stereocenters. The van der Waals surface area contributed by atoms with Crippen LogP contribution in [-0.4, -0.2) is 23.4 Å². The Hall–Kier alpha value is -1.38. The third-order valence-corrected chi connectivity index (χ3v) is 2.29. The van der Waals surface area contributed by atoms with E-state index in [0.29, 0.717) is 5.65 Å². The molecule has 0 bridgehead atoms. The van der Waals surface area contributed by atoms with Crippen molar-refractivity contribution in [2.24, 2.45) is 5.14 Å². The van der Waals surface area contributed by atoms with Gasteiger partial charge < -0.3 is 9.17 Å². The Bertz CT molecular complexity index is 608. The van der Waals surface area contributed by atoms with E-state index < -0.39 is 10.3 Å². The SMILES string of the molecule is NS(=O)(=O)Oc1c[nH]c2ncnc(Cl)c12. The van der Waals surface area contributed by atoms with Crippen molar-refractivity contribution in [3.8, 4) is 5.75 Å². The van der Waals surface area contributed by atoms with Crippen LogP contribution in [0.25, 0.3) is 11.0 Å². The van der Waals surface area contributed by atoms with Gasteiger partial charge in [-0.3, -0.25) is 0 Å². The first-order valence-corrected chi connectivity index (χ1v) is 5.52. The van der Waals surface area contributed by atoms with Crippen LogP contribution in [0.3, 0.4) is 0 Å². The van der Waals surface area contributed by atoms with E-state index >= 15 is 0 Å². The molecule has 0 aromatic carbocycles. The van der Waals surface area contributed by atoms with Gasteiger partial charge in [-0.1, -0.05) is 11.6 Å². The van der Waals surface area contributed by atoms with Gasteiger partial charge in [-0.05, 0) is 0 Å². The van der Waals surface area contributed by atoms with E-state index in [0.717, 1.165) is 0 Å². The Morgan fingerprint density at radius 3 is 2.87 bits per heavy atom. The number of aromatic amines is 1. The first kappa shape index (κ1) is 10.1. The van der Waals surface area contributed by atoms with Gasteiger partial charge in [-0.2, -0.15) is 13.6 Å². The van der Waals surface area contributed by atoms with Crippen LogP contribution in [-0.2, 0) is 10.3 Å². The van der Waals surface area contributed by atoms with Gasteiger partial charge in [0, 0.05) is 6.20 Å². The second-order valence-corrected chi connectivity index (χ2v) is 4.13. The molecule has 7 nitrogen and oxygen atoms in total. The third kappa shape index (κ3) is 2.01. The van der Waals surface area contributed by atoms with Gasteiger partial charge in [0.15, 0.2) is 5.75 Å². The lowest BCUT2D eigenvalue weighted by atomic mass is 10.4. The van der Waals surface area contributed by atoms with Gasteiger partial charge in [-0.15, -0.1) is 0 Å². The Balaban J connectivity index is 2.63. The molecular formula is C6H5ClN4O3S. The number of fused-ring (bicyclic) bond motifs is 1. The maximum absolute atomic E-state index is 10.7. The first-order chi connectivity index (χ1) is 6.97. The Morgan fingerprint density at radius 2 is 2.20 bits per heavy atom. The van der Waals surface area contributed by atoms with E-state index in [9.17, 15) is 8.42 Å². The maximum atomic E-state index is 10.7. The largest absolute Gasteiger partial charge is 0.380 e. The van der Waals surface area contributed by atoms with Gasteiger partial charge in [-0.25, -0.2) is 9.97 Å². The highest BCUT2D eigenvalue weighted by Gasteiger charge is 2.14. The molecule has 15 heavy (non-hydrogen) atoms. The molecule has 3 N–H and O–H groups in total. The molecule has 0 amide bonds. The summed E-state index contributed by atoms with van der Waals surface area (Å²) in [6.07, 6.45) is 2.53. The van der Waals surface area contributed by atoms with E-state index in [1.807, 2.05) is 0 Å². The maximum Gasteiger partial charge on any atom is 0.380 e. The summed E-state index contributed by atoms with van der Waals surface area (Å²) in [5, 5.41) is 5.07. The predicted octanol–water partition coefficient (Wildman–Crippen LogP) is 0.194. The van der Waals surface area contributed by atoms with Crippen molar-refractivity contribution in [3.63, 3.8) is 0 Å². The lowest BCUT2D eigenvalue weighted by Gasteiger charge is -1.99. The van der Waals surface area contributed by atoms with Gasteiger partial charge in [0.2, 0.25) is 0 Å². The fourth-order valence-electron chi connectivity index (χ4n) is 1.09. The summed E-state index contributed by atoms with van der Waals surface area (Å²) in [5.74, 6) is -0.0295. The fraction of sp³-hybridized carbons (Fsp3) is 0. The van der Waals surface area contributed by atoms with Gasteiger partial charge >= 0.3 is 10.3 Å². The molecule has 2 aromatic heterocycles. The van der Waals surface area contributed by atoms with Crippen molar-refractivity contribution in [1.29, 1.82) is 0 Å². The molecule has 2 aromatic rings. The summed E-state index contributed by atoms with van der Waals surface area (Å²) >= 11 is 5.75. The monoisotopic (exact) mass is 248 g/mol. The molecule has 9 heteroatoms. The molecular weight excluding hydrogens is 244 g/mol. The van der Waals surface area contributed by atoms with E-state index in [1.54, 1.807) is 0 Å². The van der Waals surface area contributed by atoms with Gasteiger partial charge in [0.1, 0.15) is 22.5 Å². The van der Waals surface area contributed by atoms with Crippen LogP contribution >= 0.6 is 11.6 Å². The fourth-order valence-corrected chi connectivity index (χ4v) is 1.70. The average Bonchev–Trinajstić information content (AvgIpc) is 2.47. The van der Waals surface area contributed by atoms with E-state index in [-0.39, 0.29) is 16.3 Å².